The van der Waals surface area contributed by atoms with Crippen LogP contribution in [0, 0.1) is 5.92 Å². The SMILES string of the molecule is C=CCC(=O)NC(CO)C(C)C. The van der Waals surface area contributed by atoms with Gasteiger partial charge in [0, 0.05) is 6.42 Å². The normalized spacial score (nSPS) is 12.7. The van der Waals surface area contributed by atoms with Crippen LogP contribution in [0.3, 0.4) is 0 Å². The number of aliphatic hydroxyl groups is 1. The fourth-order valence-electron chi connectivity index (χ4n) is 0.820. The summed E-state index contributed by atoms with van der Waals surface area (Å²) in [5.74, 6) is 0.168. The summed E-state index contributed by atoms with van der Waals surface area (Å²) < 4.78 is 0. The quantitative estimate of drug-likeness (QED) is 0.598. The molecule has 1 amide bonds. The second kappa shape index (κ2) is 5.77. The van der Waals surface area contributed by atoms with Crippen LogP contribution in [-0.4, -0.2) is 23.7 Å². The number of carbonyl (C=O) groups is 1. The van der Waals surface area contributed by atoms with Crippen LogP contribution in [0.4, 0.5) is 0 Å². The Bertz CT molecular complexity index is 155. The average Bonchev–Trinajstić information content (AvgIpc) is 2.00. The molecule has 70 valence electrons. The zero-order chi connectivity index (χ0) is 9.56. The van der Waals surface area contributed by atoms with Gasteiger partial charge in [0.25, 0.3) is 0 Å². The molecule has 0 rings (SSSR count). The first-order chi connectivity index (χ1) is 5.61. The minimum absolute atomic E-state index is 0.0133. The van der Waals surface area contributed by atoms with E-state index in [4.69, 9.17) is 5.11 Å². The Hall–Kier alpha value is -0.830. The third-order valence-electron chi connectivity index (χ3n) is 1.68. The number of amides is 1. The van der Waals surface area contributed by atoms with E-state index < -0.39 is 0 Å². The molecule has 0 fully saturated rings. The Morgan fingerprint density at radius 3 is 2.58 bits per heavy atom. The highest BCUT2D eigenvalue weighted by Crippen LogP contribution is 2.00. The summed E-state index contributed by atoms with van der Waals surface area (Å²) in [6, 6.07) is -0.141. The molecule has 0 aliphatic carbocycles. The van der Waals surface area contributed by atoms with Gasteiger partial charge in [-0.3, -0.25) is 4.79 Å². The van der Waals surface area contributed by atoms with Gasteiger partial charge in [-0.15, -0.1) is 6.58 Å². The molecule has 1 unspecified atom stereocenters. The van der Waals surface area contributed by atoms with Crippen molar-refractivity contribution in [2.45, 2.75) is 26.3 Å². The Morgan fingerprint density at radius 1 is 1.67 bits per heavy atom. The molecular formula is C9H17NO2. The summed E-state index contributed by atoms with van der Waals surface area (Å²) in [7, 11) is 0. The third-order valence-corrected chi connectivity index (χ3v) is 1.68. The lowest BCUT2D eigenvalue weighted by atomic mass is 10.1. The molecule has 12 heavy (non-hydrogen) atoms. The van der Waals surface area contributed by atoms with Gasteiger partial charge in [0.1, 0.15) is 0 Å². The highest BCUT2D eigenvalue weighted by molar-refractivity contribution is 5.77. The molecule has 0 bridgehead atoms. The molecule has 1 atom stereocenters. The smallest absolute Gasteiger partial charge is 0.224 e. The Kier molecular flexibility index (Phi) is 5.37. The van der Waals surface area contributed by atoms with Crippen molar-refractivity contribution in [3.05, 3.63) is 12.7 Å². The maximum atomic E-state index is 11.0. The monoisotopic (exact) mass is 171 g/mol. The summed E-state index contributed by atoms with van der Waals surface area (Å²) in [4.78, 5) is 11.0. The fraction of sp³-hybridized carbons (Fsp3) is 0.667. The second-order valence-electron chi connectivity index (χ2n) is 3.09. The molecule has 3 nitrogen and oxygen atoms in total. The molecule has 0 spiro atoms. The highest BCUT2D eigenvalue weighted by Gasteiger charge is 2.13. The number of rotatable bonds is 5. The lowest BCUT2D eigenvalue weighted by molar-refractivity contribution is -0.121. The maximum Gasteiger partial charge on any atom is 0.224 e. The average molecular weight is 171 g/mol. The van der Waals surface area contributed by atoms with Crippen LogP contribution in [0.1, 0.15) is 20.3 Å². The van der Waals surface area contributed by atoms with Crippen molar-refractivity contribution in [1.82, 2.24) is 5.32 Å². The Balaban J connectivity index is 3.85. The van der Waals surface area contributed by atoms with Crippen molar-refractivity contribution in [2.75, 3.05) is 6.61 Å². The highest BCUT2D eigenvalue weighted by atomic mass is 16.3. The van der Waals surface area contributed by atoms with E-state index in [0.717, 1.165) is 0 Å². The summed E-state index contributed by atoms with van der Waals surface area (Å²) in [5.41, 5.74) is 0. The van der Waals surface area contributed by atoms with E-state index >= 15 is 0 Å². The molecule has 0 aliphatic rings. The van der Waals surface area contributed by atoms with Crippen LogP contribution in [0.5, 0.6) is 0 Å². The topological polar surface area (TPSA) is 49.3 Å². The van der Waals surface area contributed by atoms with Gasteiger partial charge in [-0.2, -0.15) is 0 Å². The summed E-state index contributed by atoms with van der Waals surface area (Å²) in [6.07, 6.45) is 1.85. The molecule has 0 heterocycles. The first-order valence-corrected chi connectivity index (χ1v) is 4.13. The van der Waals surface area contributed by atoms with Gasteiger partial charge in [-0.1, -0.05) is 19.9 Å². The standard InChI is InChI=1S/C9H17NO2/c1-4-5-9(12)10-8(6-11)7(2)3/h4,7-8,11H,1,5-6H2,2-3H3,(H,10,12). The largest absolute Gasteiger partial charge is 0.394 e. The van der Waals surface area contributed by atoms with Gasteiger partial charge in [0.15, 0.2) is 0 Å². The van der Waals surface area contributed by atoms with Crippen LogP contribution in [0.25, 0.3) is 0 Å². The second-order valence-corrected chi connectivity index (χ2v) is 3.09. The van der Waals surface area contributed by atoms with E-state index in [1.165, 1.54) is 0 Å². The molecular weight excluding hydrogens is 154 g/mol. The minimum atomic E-state index is -0.141. The predicted molar refractivity (Wildman–Crippen MR) is 48.7 cm³/mol. The first kappa shape index (κ1) is 11.2. The number of hydrogen-bond donors (Lipinski definition) is 2. The van der Waals surface area contributed by atoms with Crippen molar-refractivity contribution in [3.63, 3.8) is 0 Å². The number of carbonyl (C=O) groups excluding carboxylic acids is 1. The predicted octanol–water partition coefficient (Wildman–Crippen LogP) is 0.696. The van der Waals surface area contributed by atoms with E-state index in [-0.39, 0.29) is 24.5 Å². The van der Waals surface area contributed by atoms with E-state index in [1.807, 2.05) is 13.8 Å². The Morgan fingerprint density at radius 2 is 2.25 bits per heavy atom. The summed E-state index contributed by atoms with van der Waals surface area (Å²) >= 11 is 0. The number of aliphatic hydroxyl groups excluding tert-OH is 1. The van der Waals surface area contributed by atoms with Crippen molar-refractivity contribution in [1.29, 1.82) is 0 Å². The van der Waals surface area contributed by atoms with Crippen LogP contribution in [0.2, 0.25) is 0 Å². The maximum absolute atomic E-state index is 11.0. The number of nitrogens with one attached hydrogen (secondary N) is 1. The summed E-state index contributed by atoms with van der Waals surface area (Å²) in [5, 5.41) is 11.6. The van der Waals surface area contributed by atoms with Crippen molar-refractivity contribution in [2.24, 2.45) is 5.92 Å². The fourth-order valence-corrected chi connectivity index (χ4v) is 0.820. The molecule has 0 aliphatic heterocycles. The molecule has 0 saturated heterocycles. The van der Waals surface area contributed by atoms with Gasteiger partial charge in [-0.25, -0.2) is 0 Å². The van der Waals surface area contributed by atoms with Crippen LogP contribution in [0.15, 0.2) is 12.7 Å². The van der Waals surface area contributed by atoms with Crippen molar-refractivity contribution in [3.8, 4) is 0 Å². The third kappa shape index (κ3) is 4.13. The lowest BCUT2D eigenvalue weighted by Crippen LogP contribution is -2.40. The van der Waals surface area contributed by atoms with Crippen LogP contribution < -0.4 is 5.32 Å². The van der Waals surface area contributed by atoms with Gasteiger partial charge < -0.3 is 10.4 Å². The van der Waals surface area contributed by atoms with Crippen LogP contribution >= 0.6 is 0 Å². The Labute approximate surface area is 73.5 Å². The van der Waals surface area contributed by atoms with Gasteiger partial charge in [0.2, 0.25) is 5.91 Å². The van der Waals surface area contributed by atoms with E-state index in [9.17, 15) is 4.79 Å². The van der Waals surface area contributed by atoms with Crippen LogP contribution in [-0.2, 0) is 4.79 Å². The van der Waals surface area contributed by atoms with E-state index in [1.54, 1.807) is 6.08 Å². The first-order valence-electron chi connectivity index (χ1n) is 4.13. The molecule has 0 aromatic heterocycles. The minimum Gasteiger partial charge on any atom is -0.394 e. The van der Waals surface area contributed by atoms with Crippen molar-refractivity contribution >= 4 is 5.91 Å². The van der Waals surface area contributed by atoms with E-state index in [0.29, 0.717) is 6.42 Å². The van der Waals surface area contributed by atoms with Gasteiger partial charge >= 0.3 is 0 Å². The molecule has 0 aromatic rings. The molecule has 0 radical (unpaired) electrons. The van der Waals surface area contributed by atoms with Crippen molar-refractivity contribution < 1.29 is 9.90 Å². The zero-order valence-electron chi connectivity index (χ0n) is 7.71. The van der Waals surface area contributed by atoms with E-state index in [2.05, 4.69) is 11.9 Å². The molecule has 3 heteroatoms. The lowest BCUT2D eigenvalue weighted by Gasteiger charge is -2.19. The molecule has 0 aromatic carbocycles. The summed E-state index contributed by atoms with van der Waals surface area (Å²) in [6.45, 7) is 7.35. The molecule has 0 saturated carbocycles. The van der Waals surface area contributed by atoms with Gasteiger partial charge in [-0.05, 0) is 5.92 Å². The van der Waals surface area contributed by atoms with Gasteiger partial charge in [0.05, 0.1) is 12.6 Å². The zero-order valence-corrected chi connectivity index (χ0v) is 7.71. The molecule has 2 N–H and O–H groups in total. The number of hydrogen-bond acceptors (Lipinski definition) is 2.